The lowest BCUT2D eigenvalue weighted by Gasteiger charge is -2.18. The molecule has 0 unspecified atom stereocenters. The first kappa shape index (κ1) is 13.4. The zero-order valence-electron chi connectivity index (χ0n) is 10.5. The number of nitrogens with two attached hydrogens (primary N) is 1. The molecule has 5 heteroatoms. The number of benzene rings is 2. The Kier molecular flexibility index (Phi) is 3.42. The van der Waals surface area contributed by atoms with Gasteiger partial charge in [0, 0.05) is 11.3 Å². The second-order valence-corrected chi connectivity index (χ2v) is 5.52. The van der Waals surface area contributed by atoms with Crippen molar-refractivity contribution in [1.82, 2.24) is 0 Å². The van der Waals surface area contributed by atoms with Crippen molar-refractivity contribution >= 4 is 34.8 Å². The van der Waals surface area contributed by atoms with Gasteiger partial charge >= 0.3 is 0 Å². The molecule has 0 fully saturated rings. The fourth-order valence-electron chi connectivity index (χ4n) is 2.40. The summed E-state index contributed by atoms with van der Waals surface area (Å²) in [6, 6.07) is 12.3. The molecule has 2 aromatic carbocycles. The van der Waals surface area contributed by atoms with Gasteiger partial charge in [-0.3, -0.25) is 4.79 Å². The Balaban J connectivity index is 1.95. The lowest BCUT2D eigenvalue weighted by atomic mass is 10.1. The average Bonchev–Trinajstić information content (AvgIpc) is 2.69. The summed E-state index contributed by atoms with van der Waals surface area (Å²) in [5, 5.41) is 0.980. The fourth-order valence-corrected chi connectivity index (χ4v) is 2.72. The van der Waals surface area contributed by atoms with Gasteiger partial charge in [0.25, 0.3) is 0 Å². The Hall–Kier alpha value is -1.55. The number of hydrogen-bond acceptors (Lipinski definition) is 2. The summed E-state index contributed by atoms with van der Waals surface area (Å²) in [7, 11) is 0. The predicted octanol–water partition coefficient (Wildman–Crippen LogP) is 3.54. The van der Waals surface area contributed by atoms with Gasteiger partial charge in [0.2, 0.25) is 5.91 Å². The number of rotatable bonds is 2. The minimum absolute atomic E-state index is 0.0997. The molecule has 0 saturated carbocycles. The SMILES string of the molecule is N[C@H]1C(=O)N(Cc2ccc(Cl)c(Cl)c2)c2ccccc21. The summed E-state index contributed by atoms with van der Waals surface area (Å²) in [5.41, 5.74) is 8.58. The molecule has 0 bridgehead atoms. The predicted molar refractivity (Wildman–Crippen MR) is 81.0 cm³/mol. The zero-order chi connectivity index (χ0) is 14.3. The van der Waals surface area contributed by atoms with Crippen LogP contribution in [0.15, 0.2) is 42.5 Å². The Morgan fingerprint density at radius 1 is 1.10 bits per heavy atom. The van der Waals surface area contributed by atoms with E-state index in [-0.39, 0.29) is 5.91 Å². The summed E-state index contributed by atoms with van der Waals surface area (Å²) < 4.78 is 0. The van der Waals surface area contributed by atoms with Gasteiger partial charge in [-0.25, -0.2) is 0 Å². The third-order valence-electron chi connectivity index (χ3n) is 3.42. The number of anilines is 1. The Morgan fingerprint density at radius 2 is 1.85 bits per heavy atom. The number of fused-ring (bicyclic) bond motifs is 1. The summed E-state index contributed by atoms with van der Waals surface area (Å²) >= 11 is 11.9. The molecule has 1 amide bonds. The van der Waals surface area contributed by atoms with Crippen molar-refractivity contribution in [3.8, 4) is 0 Å². The summed E-state index contributed by atoms with van der Waals surface area (Å²) in [6.45, 7) is 0.431. The Morgan fingerprint density at radius 3 is 2.60 bits per heavy atom. The number of amides is 1. The highest BCUT2D eigenvalue weighted by atomic mass is 35.5. The first-order valence-electron chi connectivity index (χ1n) is 6.18. The molecular weight excluding hydrogens is 295 g/mol. The molecule has 0 aliphatic carbocycles. The minimum atomic E-state index is -0.589. The average molecular weight is 307 g/mol. The van der Waals surface area contributed by atoms with Crippen LogP contribution in [0.4, 0.5) is 5.69 Å². The highest BCUT2D eigenvalue weighted by Crippen LogP contribution is 2.35. The van der Waals surface area contributed by atoms with Gasteiger partial charge in [-0.1, -0.05) is 47.5 Å². The van der Waals surface area contributed by atoms with Gasteiger partial charge in [-0.05, 0) is 23.8 Å². The first-order valence-corrected chi connectivity index (χ1v) is 6.93. The van der Waals surface area contributed by atoms with E-state index in [9.17, 15) is 4.79 Å². The molecule has 102 valence electrons. The highest BCUT2D eigenvalue weighted by molar-refractivity contribution is 6.42. The Bertz CT molecular complexity index is 687. The lowest BCUT2D eigenvalue weighted by molar-refractivity contribution is -0.119. The number of para-hydroxylation sites is 1. The third-order valence-corrected chi connectivity index (χ3v) is 4.16. The van der Waals surface area contributed by atoms with E-state index < -0.39 is 6.04 Å². The van der Waals surface area contributed by atoms with Crippen molar-refractivity contribution in [3.63, 3.8) is 0 Å². The van der Waals surface area contributed by atoms with Crippen LogP contribution in [-0.4, -0.2) is 5.91 Å². The van der Waals surface area contributed by atoms with E-state index >= 15 is 0 Å². The summed E-state index contributed by atoms with van der Waals surface area (Å²) in [4.78, 5) is 13.9. The molecule has 0 spiro atoms. The molecule has 1 aliphatic heterocycles. The third kappa shape index (κ3) is 2.18. The number of carbonyl (C=O) groups excluding carboxylic acids is 1. The van der Waals surface area contributed by atoms with Crippen molar-refractivity contribution in [2.75, 3.05) is 4.90 Å². The normalized spacial score (nSPS) is 17.4. The molecule has 3 nitrogen and oxygen atoms in total. The van der Waals surface area contributed by atoms with Crippen molar-refractivity contribution in [1.29, 1.82) is 0 Å². The number of halogens is 2. The quantitative estimate of drug-likeness (QED) is 0.922. The van der Waals surface area contributed by atoms with E-state index in [0.29, 0.717) is 16.6 Å². The van der Waals surface area contributed by atoms with Crippen LogP contribution in [0.2, 0.25) is 10.0 Å². The molecule has 3 rings (SSSR count). The standard InChI is InChI=1S/C15H12Cl2N2O/c16-11-6-5-9(7-12(11)17)8-19-13-4-2-1-3-10(13)14(18)15(19)20/h1-7,14H,8,18H2/t14-/m1/s1. The van der Waals surface area contributed by atoms with Gasteiger partial charge < -0.3 is 10.6 Å². The number of carbonyl (C=O) groups is 1. The molecule has 2 N–H and O–H groups in total. The van der Waals surface area contributed by atoms with Crippen molar-refractivity contribution in [2.45, 2.75) is 12.6 Å². The zero-order valence-corrected chi connectivity index (χ0v) is 12.0. The monoisotopic (exact) mass is 306 g/mol. The summed E-state index contributed by atoms with van der Waals surface area (Å²) in [5.74, 6) is -0.0997. The van der Waals surface area contributed by atoms with Gasteiger partial charge in [-0.2, -0.15) is 0 Å². The van der Waals surface area contributed by atoms with E-state index in [1.807, 2.05) is 30.3 Å². The molecule has 0 radical (unpaired) electrons. The largest absolute Gasteiger partial charge is 0.316 e. The van der Waals surface area contributed by atoms with E-state index in [2.05, 4.69) is 0 Å². The number of nitrogens with zero attached hydrogens (tertiary/aromatic N) is 1. The molecule has 20 heavy (non-hydrogen) atoms. The highest BCUT2D eigenvalue weighted by Gasteiger charge is 2.34. The molecule has 0 saturated heterocycles. The molecule has 2 aromatic rings. The Labute approximate surface area is 126 Å². The van der Waals surface area contributed by atoms with Crippen LogP contribution >= 0.6 is 23.2 Å². The van der Waals surface area contributed by atoms with Crippen molar-refractivity contribution in [3.05, 3.63) is 63.6 Å². The fraction of sp³-hybridized carbons (Fsp3) is 0.133. The van der Waals surface area contributed by atoms with E-state index in [1.54, 1.807) is 17.0 Å². The topological polar surface area (TPSA) is 46.3 Å². The molecule has 1 heterocycles. The second-order valence-electron chi connectivity index (χ2n) is 4.71. The van der Waals surface area contributed by atoms with Crippen LogP contribution in [0, 0.1) is 0 Å². The van der Waals surface area contributed by atoms with Crippen LogP contribution in [-0.2, 0) is 11.3 Å². The van der Waals surface area contributed by atoms with Gasteiger partial charge in [0.1, 0.15) is 6.04 Å². The maximum absolute atomic E-state index is 12.3. The van der Waals surface area contributed by atoms with E-state index in [1.165, 1.54) is 0 Å². The lowest BCUT2D eigenvalue weighted by Crippen LogP contribution is -2.31. The van der Waals surface area contributed by atoms with Crippen LogP contribution < -0.4 is 10.6 Å². The molecule has 1 aliphatic rings. The van der Waals surface area contributed by atoms with Crippen LogP contribution in [0.1, 0.15) is 17.2 Å². The van der Waals surface area contributed by atoms with Gasteiger partial charge in [-0.15, -0.1) is 0 Å². The summed E-state index contributed by atoms with van der Waals surface area (Å²) in [6.07, 6.45) is 0. The maximum atomic E-state index is 12.3. The van der Waals surface area contributed by atoms with Crippen LogP contribution in [0.25, 0.3) is 0 Å². The van der Waals surface area contributed by atoms with E-state index in [4.69, 9.17) is 28.9 Å². The van der Waals surface area contributed by atoms with Crippen LogP contribution in [0.5, 0.6) is 0 Å². The first-order chi connectivity index (χ1) is 9.58. The molecule has 0 aromatic heterocycles. The van der Waals surface area contributed by atoms with Crippen LogP contribution in [0.3, 0.4) is 0 Å². The molecule has 1 atom stereocenters. The number of hydrogen-bond donors (Lipinski definition) is 1. The minimum Gasteiger partial charge on any atom is -0.316 e. The van der Waals surface area contributed by atoms with Gasteiger partial charge in [0.15, 0.2) is 0 Å². The van der Waals surface area contributed by atoms with Crippen molar-refractivity contribution < 1.29 is 4.79 Å². The van der Waals surface area contributed by atoms with Crippen molar-refractivity contribution in [2.24, 2.45) is 5.73 Å². The second kappa shape index (κ2) is 5.09. The van der Waals surface area contributed by atoms with E-state index in [0.717, 1.165) is 16.8 Å². The smallest absolute Gasteiger partial charge is 0.248 e. The molecular formula is C15H12Cl2N2O. The maximum Gasteiger partial charge on any atom is 0.248 e. The van der Waals surface area contributed by atoms with Gasteiger partial charge in [0.05, 0.1) is 16.6 Å².